The van der Waals surface area contributed by atoms with E-state index in [9.17, 15) is 25.9 Å². The Labute approximate surface area is 509 Å². The third-order valence-corrected chi connectivity index (χ3v) is 18.0. The summed E-state index contributed by atoms with van der Waals surface area (Å²) < 4.78 is 68.1. The molecule has 0 aliphatic heterocycles. The van der Waals surface area contributed by atoms with Gasteiger partial charge in [-0.15, -0.1) is 0 Å². The van der Waals surface area contributed by atoms with Crippen LogP contribution in [0.2, 0.25) is 0 Å². The number of benzene rings is 2. The van der Waals surface area contributed by atoms with Crippen molar-refractivity contribution in [1.29, 1.82) is 0 Å². The van der Waals surface area contributed by atoms with E-state index in [1.807, 2.05) is 12.1 Å². The van der Waals surface area contributed by atoms with Gasteiger partial charge >= 0.3 is 37.7 Å². The minimum atomic E-state index is -4.36. The summed E-state index contributed by atoms with van der Waals surface area (Å²) in [6, 6.07) is 13.3. The van der Waals surface area contributed by atoms with E-state index >= 15 is 0 Å². The van der Waals surface area contributed by atoms with E-state index in [2.05, 4.69) is 13.8 Å². The van der Waals surface area contributed by atoms with Crippen molar-refractivity contribution >= 4 is 58.0 Å². The van der Waals surface area contributed by atoms with Crippen LogP contribution in [-0.4, -0.2) is 63.7 Å². The van der Waals surface area contributed by atoms with Gasteiger partial charge in [-0.3, -0.25) is 0 Å². The van der Waals surface area contributed by atoms with Crippen LogP contribution in [-0.2, 0) is 33.1 Å². The second-order valence-corrected chi connectivity index (χ2v) is 26.0. The molecular formula is C68H122CaO6S2. The smallest absolute Gasteiger partial charge is 0.744 e. The Morgan fingerprint density at radius 1 is 0.247 bits per heavy atom. The van der Waals surface area contributed by atoms with Crippen LogP contribution < -0.4 is 0 Å². The summed E-state index contributed by atoms with van der Waals surface area (Å²) in [5.74, 6) is 0. The molecule has 77 heavy (non-hydrogen) atoms. The van der Waals surface area contributed by atoms with E-state index in [0.717, 1.165) is 25.7 Å². The number of hydrogen-bond acceptors (Lipinski definition) is 6. The van der Waals surface area contributed by atoms with Crippen molar-refractivity contribution in [1.82, 2.24) is 0 Å². The zero-order chi connectivity index (χ0) is 55.2. The monoisotopic (exact) mass is 1140 g/mol. The van der Waals surface area contributed by atoms with Gasteiger partial charge in [0.15, 0.2) is 0 Å². The first kappa shape index (κ1) is 76.5. The fraction of sp³-hybridized carbons (Fsp3) is 0.824. The second-order valence-electron chi connectivity index (χ2n) is 23.3. The Kier molecular flexibility index (Phi) is 57.0. The van der Waals surface area contributed by atoms with Gasteiger partial charge in [0.1, 0.15) is 20.2 Å². The van der Waals surface area contributed by atoms with Gasteiger partial charge in [0.05, 0.1) is 9.79 Å². The van der Waals surface area contributed by atoms with Crippen LogP contribution in [0.4, 0.5) is 0 Å². The summed E-state index contributed by atoms with van der Waals surface area (Å²) in [5.41, 5.74) is 1.35. The number of hydrogen-bond donors (Lipinski definition) is 0. The van der Waals surface area contributed by atoms with Gasteiger partial charge in [-0.2, -0.15) is 0 Å². The molecule has 0 atom stereocenters. The molecule has 9 heteroatoms. The molecule has 0 spiro atoms. The third kappa shape index (κ3) is 50.9. The molecule has 0 N–H and O–H groups in total. The van der Waals surface area contributed by atoms with Crippen LogP contribution in [0.3, 0.4) is 0 Å². The van der Waals surface area contributed by atoms with Crippen molar-refractivity contribution in [3.63, 3.8) is 0 Å². The summed E-state index contributed by atoms with van der Waals surface area (Å²) in [4.78, 5) is -0.0841. The first-order valence-electron chi connectivity index (χ1n) is 33.2. The first-order chi connectivity index (χ1) is 37.1. The summed E-state index contributed by atoms with van der Waals surface area (Å²) >= 11 is 0. The van der Waals surface area contributed by atoms with Crippen LogP contribution in [0.5, 0.6) is 0 Å². The predicted molar refractivity (Wildman–Crippen MR) is 333 cm³/mol. The normalized spacial score (nSPS) is 11.7. The van der Waals surface area contributed by atoms with Crippen LogP contribution >= 0.6 is 0 Å². The molecular weight excluding hydrogens is 1020 g/mol. The van der Waals surface area contributed by atoms with Gasteiger partial charge in [-0.05, 0) is 48.9 Å². The number of rotatable bonds is 56. The van der Waals surface area contributed by atoms with Crippen molar-refractivity contribution < 1.29 is 25.9 Å². The van der Waals surface area contributed by atoms with Gasteiger partial charge in [0.2, 0.25) is 0 Å². The van der Waals surface area contributed by atoms with Crippen molar-refractivity contribution in [2.75, 3.05) is 0 Å². The van der Waals surface area contributed by atoms with Crippen molar-refractivity contribution in [3.8, 4) is 0 Å². The Morgan fingerprint density at radius 3 is 0.545 bits per heavy atom. The average molecular weight is 1140 g/mol. The molecule has 0 saturated heterocycles. The van der Waals surface area contributed by atoms with Crippen molar-refractivity contribution in [2.24, 2.45) is 0 Å². The Bertz CT molecular complexity index is 1620. The topological polar surface area (TPSA) is 114 Å². The number of aryl methyl sites for hydroxylation is 2. The molecule has 0 unspecified atom stereocenters. The van der Waals surface area contributed by atoms with E-state index in [0.29, 0.717) is 24.0 Å². The molecule has 444 valence electrons. The van der Waals surface area contributed by atoms with Gasteiger partial charge in [-0.1, -0.05) is 371 Å². The molecule has 2 aromatic carbocycles. The molecule has 0 saturated carbocycles. The van der Waals surface area contributed by atoms with Crippen molar-refractivity contribution in [2.45, 2.75) is 370 Å². The molecule has 2 rings (SSSR count). The van der Waals surface area contributed by atoms with E-state index in [-0.39, 0.29) is 47.5 Å². The zero-order valence-corrected chi connectivity index (χ0v) is 54.6. The Balaban J connectivity index is 0.00000148. The number of unbranched alkanes of at least 4 members (excludes halogenated alkanes) is 50. The fourth-order valence-electron chi connectivity index (χ4n) is 11.2. The van der Waals surface area contributed by atoms with E-state index in [4.69, 9.17) is 0 Å². The summed E-state index contributed by atoms with van der Waals surface area (Å²) in [5, 5.41) is 0. The average Bonchev–Trinajstić information content (AvgIpc) is 3.40. The quantitative estimate of drug-likeness (QED) is 0.0370. The van der Waals surface area contributed by atoms with Crippen LogP contribution in [0.1, 0.15) is 359 Å². The molecule has 0 bridgehead atoms. The maximum atomic E-state index is 11.3. The van der Waals surface area contributed by atoms with Gasteiger partial charge in [-0.25, -0.2) is 16.8 Å². The SMILES string of the molecule is CCCCCCCCCCCCCCCCCCCCCCCCCCCCc1ccccc1S(=O)(=O)[O-].CCCCCCCCCCCCCCCCCCCCCCCCCCCCc1ccccc1S(=O)(=O)[O-].[Ca+2]. The molecule has 2 aromatic rings. The maximum absolute atomic E-state index is 11.3. The molecule has 0 aliphatic carbocycles. The van der Waals surface area contributed by atoms with Crippen LogP contribution in [0.15, 0.2) is 58.3 Å². The standard InChI is InChI=1S/2C34H62O3S.Ca/c2*1-2-3-4-5-6-7-8-9-10-11-12-13-14-15-16-17-18-19-20-21-22-23-24-25-26-27-30-33-31-28-29-32-34(33)38(35,36)37;/h2*28-29,31-32H,2-27,30H2,1H3,(H,35,36,37);/q;;+2/p-2. The van der Waals surface area contributed by atoms with Crippen molar-refractivity contribution in [3.05, 3.63) is 59.7 Å². The molecule has 0 fully saturated rings. The molecule has 0 heterocycles. The summed E-state index contributed by atoms with van der Waals surface area (Å²) in [6.07, 6.45) is 73.1. The van der Waals surface area contributed by atoms with Gasteiger partial charge < -0.3 is 9.11 Å². The fourth-order valence-corrected chi connectivity index (χ4v) is 12.6. The summed E-state index contributed by atoms with van der Waals surface area (Å²) in [6.45, 7) is 4.58. The van der Waals surface area contributed by atoms with Crippen LogP contribution in [0, 0.1) is 0 Å². The van der Waals surface area contributed by atoms with E-state index in [1.165, 1.54) is 320 Å². The zero-order valence-electron chi connectivity index (χ0n) is 50.8. The van der Waals surface area contributed by atoms with Crippen LogP contribution in [0.25, 0.3) is 0 Å². The molecule has 0 aromatic heterocycles. The molecule has 0 amide bonds. The molecule has 0 aliphatic rings. The largest absolute Gasteiger partial charge is 2.00 e. The predicted octanol–water partition coefficient (Wildman–Crippen LogP) is 22.2. The minimum absolute atomic E-state index is 0. The van der Waals surface area contributed by atoms with E-state index in [1.54, 1.807) is 24.3 Å². The minimum Gasteiger partial charge on any atom is -0.744 e. The maximum Gasteiger partial charge on any atom is 2.00 e. The van der Waals surface area contributed by atoms with Gasteiger partial charge in [0.25, 0.3) is 0 Å². The van der Waals surface area contributed by atoms with Gasteiger partial charge in [0, 0.05) is 0 Å². The first-order valence-corrected chi connectivity index (χ1v) is 36.0. The summed E-state index contributed by atoms with van der Waals surface area (Å²) in [7, 11) is -8.73. The van der Waals surface area contributed by atoms with E-state index < -0.39 is 20.2 Å². The third-order valence-electron chi connectivity index (χ3n) is 16.1. The second kappa shape index (κ2) is 57.3. The molecule has 6 nitrogen and oxygen atoms in total. The molecule has 0 radical (unpaired) electrons. The Hall–Kier alpha value is -0.480. The Morgan fingerprint density at radius 2 is 0.390 bits per heavy atom.